The summed E-state index contributed by atoms with van der Waals surface area (Å²) < 4.78 is 0. The summed E-state index contributed by atoms with van der Waals surface area (Å²) in [7, 11) is 0. The van der Waals surface area contributed by atoms with Gasteiger partial charge in [-0.15, -0.1) is 0 Å². The summed E-state index contributed by atoms with van der Waals surface area (Å²) in [5.41, 5.74) is 2.57. The molecule has 27 heavy (non-hydrogen) atoms. The van der Waals surface area contributed by atoms with Crippen LogP contribution < -0.4 is 5.32 Å². The molecule has 0 bridgehead atoms. The number of benzene rings is 1. The van der Waals surface area contributed by atoms with Gasteiger partial charge in [-0.2, -0.15) is 0 Å². The zero-order valence-corrected chi connectivity index (χ0v) is 15.8. The molecule has 1 spiro atoms. The summed E-state index contributed by atoms with van der Waals surface area (Å²) in [6.07, 6.45) is 4.69. The van der Waals surface area contributed by atoms with E-state index >= 15 is 0 Å². The largest absolute Gasteiger partial charge is 0.356 e. The number of nitrogens with zero attached hydrogens (tertiary/aromatic N) is 2. The summed E-state index contributed by atoms with van der Waals surface area (Å²) in [6, 6.07) is 9.95. The first-order valence-electron chi connectivity index (χ1n) is 9.99. The van der Waals surface area contributed by atoms with Gasteiger partial charge >= 0.3 is 0 Å². The molecule has 3 aliphatic rings. The van der Waals surface area contributed by atoms with Gasteiger partial charge in [-0.25, -0.2) is 0 Å². The van der Waals surface area contributed by atoms with Gasteiger partial charge in [0.05, 0.1) is 16.5 Å². The van der Waals surface area contributed by atoms with Crippen molar-refractivity contribution in [1.82, 2.24) is 15.2 Å². The number of amides is 2. The van der Waals surface area contributed by atoms with E-state index in [1.807, 2.05) is 35.2 Å². The Morgan fingerprint density at radius 1 is 1.11 bits per heavy atom. The van der Waals surface area contributed by atoms with Gasteiger partial charge < -0.3 is 10.2 Å². The number of carbonyl (C=O) groups excluding carboxylic acids is 2. The topological polar surface area (TPSA) is 62.3 Å². The van der Waals surface area contributed by atoms with Crippen molar-refractivity contribution in [2.45, 2.75) is 44.4 Å². The number of piperidine rings is 1. The molecule has 5 rings (SSSR count). The van der Waals surface area contributed by atoms with Crippen molar-refractivity contribution in [2.24, 2.45) is 5.41 Å². The highest BCUT2D eigenvalue weighted by molar-refractivity contribution is 6.06. The number of para-hydroxylation sites is 1. The lowest BCUT2D eigenvalue weighted by molar-refractivity contribution is -0.129. The number of pyridine rings is 1. The predicted molar refractivity (Wildman–Crippen MR) is 104 cm³/mol. The third-order valence-electron chi connectivity index (χ3n) is 6.94. The van der Waals surface area contributed by atoms with Gasteiger partial charge in [0, 0.05) is 36.1 Å². The van der Waals surface area contributed by atoms with E-state index in [-0.39, 0.29) is 22.6 Å². The smallest absolute Gasteiger partial charge is 0.254 e. The van der Waals surface area contributed by atoms with Crippen LogP contribution in [0, 0.1) is 5.41 Å². The molecule has 1 N–H and O–H groups in total. The molecule has 140 valence electrons. The SMILES string of the molecule is CC1(c2cc(C(=O)N3CCC4(CCNC4=O)CC3)c3ccccc3n2)CC1. The second-order valence-corrected chi connectivity index (χ2v) is 8.71. The van der Waals surface area contributed by atoms with Crippen molar-refractivity contribution in [1.29, 1.82) is 0 Å². The summed E-state index contributed by atoms with van der Waals surface area (Å²) >= 11 is 0. The molecule has 2 aromatic rings. The number of rotatable bonds is 2. The van der Waals surface area contributed by atoms with Crippen LogP contribution in [0.4, 0.5) is 0 Å². The zero-order valence-electron chi connectivity index (χ0n) is 15.8. The van der Waals surface area contributed by atoms with Gasteiger partial charge in [0.15, 0.2) is 0 Å². The normalized spacial score (nSPS) is 22.9. The highest BCUT2D eigenvalue weighted by Crippen LogP contribution is 2.47. The maximum atomic E-state index is 13.4. The molecule has 5 nitrogen and oxygen atoms in total. The number of aromatic nitrogens is 1. The Hall–Kier alpha value is -2.43. The first-order chi connectivity index (χ1) is 13.0. The van der Waals surface area contributed by atoms with Gasteiger partial charge in [-0.1, -0.05) is 25.1 Å². The lowest BCUT2D eigenvalue weighted by Crippen LogP contribution is -2.46. The van der Waals surface area contributed by atoms with Crippen LogP contribution in [0.2, 0.25) is 0 Å². The molecule has 2 aliphatic heterocycles. The Labute approximate surface area is 159 Å². The van der Waals surface area contributed by atoms with E-state index in [0.717, 1.165) is 60.8 Å². The number of fused-ring (bicyclic) bond motifs is 1. The molecule has 1 saturated carbocycles. The molecule has 0 unspecified atom stereocenters. The third-order valence-corrected chi connectivity index (χ3v) is 6.94. The summed E-state index contributed by atoms with van der Waals surface area (Å²) in [4.78, 5) is 32.4. The predicted octanol–water partition coefficient (Wildman–Crippen LogP) is 3.03. The maximum absolute atomic E-state index is 13.4. The summed E-state index contributed by atoms with van der Waals surface area (Å²) in [5, 5.41) is 3.89. The monoisotopic (exact) mass is 363 g/mol. The van der Waals surface area contributed by atoms with Crippen LogP contribution in [0.15, 0.2) is 30.3 Å². The van der Waals surface area contributed by atoms with Crippen LogP contribution >= 0.6 is 0 Å². The lowest BCUT2D eigenvalue weighted by atomic mass is 9.77. The summed E-state index contributed by atoms with van der Waals surface area (Å²) in [5.74, 6) is 0.250. The van der Waals surface area contributed by atoms with Crippen molar-refractivity contribution in [2.75, 3.05) is 19.6 Å². The third kappa shape index (κ3) is 2.63. The van der Waals surface area contributed by atoms with E-state index < -0.39 is 0 Å². The second-order valence-electron chi connectivity index (χ2n) is 8.71. The molecular formula is C22H25N3O2. The minimum Gasteiger partial charge on any atom is -0.356 e. The maximum Gasteiger partial charge on any atom is 0.254 e. The fraction of sp³-hybridized carbons (Fsp3) is 0.500. The zero-order chi connectivity index (χ0) is 18.6. The average molecular weight is 363 g/mol. The quantitative estimate of drug-likeness (QED) is 0.892. The van der Waals surface area contributed by atoms with Crippen molar-refractivity contribution in [3.05, 3.63) is 41.6 Å². The standard InChI is InChI=1S/C22H25N3O2/c1-21(6-7-21)18-14-16(15-4-2-3-5-17(15)24-18)19(26)25-12-9-22(10-13-25)8-11-23-20(22)27/h2-5,14H,6-13H2,1H3,(H,23,27). The van der Waals surface area contributed by atoms with Gasteiger partial charge in [-0.3, -0.25) is 14.6 Å². The minimum absolute atomic E-state index is 0.0763. The fourth-order valence-corrected chi connectivity index (χ4v) is 4.61. The van der Waals surface area contributed by atoms with Gasteiger partial charge in [-0.05, 0) is 44.2 Å². The first kappa shape index (κ1) is 16.7. The Balaban J connectivity index is 1.47. The van der Waals surface area contributed by atoms with E-state index in [4.69, 9.17) is 4.98 Å². The fourth-order valence-electron chi connectivity index (χ4n) is 4.61. The van der Waals surface area contributed by atoms with Crippen molar-refractivity contribution < 1.29 is 9.59 Å². The van der Waals surface area contributed by atoms with Crippen molar-refractivity contribution in [3.8, 4) is 0 Å². The van der Waals surface area contributed by atoms with E-state index in [0.29, 0.717) is 13.1 Å². The molecule has 1 aromatic carbocycles. The van der Waals surface area contributed by atoms with Crippen LogP contribution in [-0.2, 0) is 10.2 Å². The molecule has 0 radical (unpaired) electrons. The average Bonchev–Trinajstić information content (AvgIpc) is 3.36. The molecule has 1 aliphatic carbocycles. The van der Waals surface area contributed by atoms with Crippen molar-refractivity contribution in [3.63, 3.8) is 0 Å². The second kappa shape index (κ2) is 5.78. The lowest BCUT2D eigenvalue weighted by Gasteiger charge is -2.37. The van der Waals surface area contributed by atoms with Crippen molar-refractivity contribution >= 4 is 22.7 Å². The summed E-state index contributed by atoms with van der Waals surface area (Å²) in [6.45, 7) is 4.29. The van der Waals surface area contributed by atoms with E-state index in [9.17, 15) is 9.59 Å². The molecule has 3 fully saturated rings. The number of hydrogen-bond acceptors (Lipinski definition) is 3. The molecule has 5 heteroatoms. The van der Waals surface area contributed by atoms with E-state index in [1.54, 1.807) is 0 Å². The number of likely N-dealkylation sites (tertiary alicyclic amines) is 1. The first-order valence-corrected chi connectivity index (χ1v) is 9.99. The number of nitrogens with one attached hydrogen (secondary N) is 1. The number of hydrogen-bond donors (Lipinski definition) is 1. The molecule has 2 amide bonds. The Kier molecular flexibility index (Phi) is 3.58. The van der Waals surface area contributed by atoms with Crippen LogP contribution in [0.25, 0.3) is 10.9 Å². The van der Waals surface area contributed by atoms with Crippen LogP contribution in [0.5, 0.6) is 0 Å². The molecular weight excluding hydrogens is 338 g/mol. The minimum atomic E-state index is -0.246. The number of carbonyl (C=O) groups is 2. The molecule has 0 atom stereocenters. The van der Waals surface area contributed by atoms with E-state index in [2.05, 4.69) is 12.2 Å². The Morgan fingerprint density at radius 2 is 1.85 bits per heavy atom. The van der Waals surface area contributed by atoms with E-state index in [1.165, 1.54) is 0 Å². The molecule has 2 saturated heterocycles. The highest BCUT2D eigenvalue weighted by atomic mass is 16.2. The van der Waals surface area contributed by atoms with Crippen LogP contribution in [0.1, 0.15) is 55.1 Å². The molecule has 1 aromatic heterocycles. The van der Waals surface area contributed by atoms with Gasteiger partial charge in [0.1, 0.15) is 0 Å². The highest BCUT2D eigenvalue weighted by Gasteiger charge is 2.45. The van der Waals surface area contributed by atoms with Crippen LogP contribution in [-0.4, -0.2) is 41.3 Å². The van der Waals surface area contributed by atoms with Crippen LogP contribution in [0.3, 0.4) is 0 Å². The molecule has 3 heterocycles. The Bertz CT molecular complexity index is 940. The Morgan fingerprint density at radius 3 is 2.52 bits per heavy atom. The van der Waals surface area contributed by atoms with Gasteiger partial charge in [0.25, 0.3) is 5.91 Å². The van der Waals surface area contributed by atoms with Gasteiger partial charge in [0.2, 0.25) is 5.91 Å².